The zero-order valence-electron chi connectivity index (χ0n) is 16.7. The fourth-order valence-corrected chi connectivity index (χ4v) is 2.82. The molecule has 29 heavy (non-hydrogen) atoms. The minimum Gasteiger partial charge on any atom is -0.493 e. The van der Waals surface area contributed by atoms with E-state index in [0.29, 0.717) is 17.0 Å². The van der Waals surface area contributed by atoms with E-state index in [1.807, 2.05) is 26.0 Å². The second-order valence-corrected chi connectivity index (χ2v) is 6.65. The number of nitrogens with one attached hydrogen (secondary N) is 1. The Labute approximate surface area is 168 Å². The number of hydrazine groups is 1. The molecule has 0 saturated carbocycles. The van der Waals surface area contributed by atoms with Gasteiger partial charge in [-0.05, 0) is 60.9 Å². The molecule has 1 fully saturated rings. The van der Waals surface area contributed by atoms with Crippen molar-refractivity contribution in [1.82, 2.24) is 5.43 Å². The van der Waals surface area contributed by atoms with E-state index in [2.05, 4.69) is 5.43 Å². The average Bonchev–Trinajstić information content (AvgIpc) is 2.99. The molecule has 1 saturated heterocycles. The predicted molar refractivity (Wildman–Crippen MR) is 108 cm³/mol. The molecule has 1 aliphatic rings. The summed E-state index contributed by atoms with van der Waals surface area (Å²) in [5, 5.41) is 1.23. The highest BCUT2D eigenvalue weighted by molar-refractivity contribution is 6.31. The molecule has 0 bridgehead atoms. The van der Waals surface area contributed by atoms with Gasteiger partial charge in [-0.2, -0.15) is 0 Å². The molecule has 2 amide bonds. The predicted octanol–water partition coefficient (Wildman–Crippen LogP) is 3.09. The Hall–Kier alpha value is -3.61. The first kappa shape index (κ1) is 20.1. The average molecular weight is 394 g/mol. The largest absolute Gasteiger partial charge is 0.493 e. The third kappa shape index (κ3) is 4.13. The summed E-state index contributed by atoms with van der Waals surface area (Å²) in [5.74, 6) is -0.713. The number of carbonyl (C=O) groups is 3. The summed E-state index contributed by atoms with van der Waals surface area (Å²) in [7, 11) is 1.45. The van der Waals surface area contributed by atoms with Crippen molar-refractivity contribution < 1.29 is 23.9 Å². The number of ether oxygens (including phenoxy) is 2. The first-order valence-corrected chi connectivity index (χ1v) is 9.17. The van der Waals surface area contributed by atoms with E-state index >= 15 is 0 Å². The van der Waals surface area contributed by atoms with E-state index in [4.69, 9.17) is 9.47 Å². The van der Waals surface area contributed by atoms with E-state index in [1.54, 1.807) is 31.2 Å². The summed E-state index contributed by atoms with van der Waals surface area (Å²) in [5.41, 5.74) is 5.86. The molecule has 1 heterocycles. The molecular formula is C22H22N2O5. The molecule has 0 aliphatic carbocycles. The minimum absolute atomic E-state index is 0.00332. The van der Waals surface area contributed by atoms with Gasteiger partial charge in [0.15, 0.2) is 11.5 Å². The summed E-state index contributed by atoms with van der Waals surface area (Å²) in [4.78, 5) is 36.7. The second-order valence-electron chi connectivity index (χ2n) is 6.65. The number of anilines is 1. The van der Waals surface area contributed by atoms with Crippen molar-refractivity contribution in [2.24, 2.45) is 0 Å². The maximum absolute atomic E-state index is 12.8. The Morgan fingerprint density at radius 2 is 1.83 bits per heavy atom. The number of nitrogens with zero attached hydrogens (tertiary/aromatic N) is 1. The highest BCUT2D eigenvalue weighted by atomic mass is 16.6. The molecule has 0 atom stereocenters. The van der Waals surface area contributed by atoms with Crippen LogP contribution in [-0.4, -0.2) is 24.9 Å². The fraction of sp³-hybridized carbons (Fsp3) is 0.227. The maximum Gasteiger partial charge on any atom is 0.311 e. The normalized spacial score (nSPS) is 14.9. The van der Waals surface area contributed by atoms with Crippen LogP contribution in [0.3, 0.4) is 0 Å². The Morgan fingerprint density at radius 1 is 1.07 bits per heavy atom. The highest BCUT2D eigenvalue weighted by Gasteiger charge is 2.34. The molecular weight excluding hydrogens is 372 g/mol. The quantitative estimate of drug-likeness (QED) is 0.365. The zero-order chi connectivity index (χ0) is 21.1. The lowest BCUT2D eigenvalue weighted by atomic mass is 10.1. The van der Waals surface area contributed by atoms with E-state index < -0.39 is 11.8 Å². The number of carbonyl (C=O) groups excluding carboxylic acids is 3. The van der Waals surface area contributed by atoms with Crippen LogP contribution in [0.4, 0.5) is 5.69 Å². The number of benzene rings is 2. The number of hydrogen-bond acceptors (Lipinski definition) is 5. The van der Waals surface area contributed by atoms with Crippen molar-refractivity contribution in [1.29, 1.82) is 0 Å². The standard InChI is InChI=1S/C22H22N2O5/c1-5-20(25)29-18-9-7-15(12-19(18)28-4)11-17-21(26)23-24(22(17)27)16-8-6-13(2)14(3)10-16/h6-12H,5H2,1-4H3,(H,23,26)/b17-11-. The molecule has 0 radical (unpaired) electrons. The minimum atomic E-state index is -0.492. The zero-order valence-corrected chi connectivity index (χ0v) is 16.7. The molecule has 0 unspecified atom stereocenters. The van der Waals surface area contributed by atoms with E-state index in [-0.39, 0.29) is 23.7 Å². The molecule has 2 aromatic carbocycles. The van der Waals surface area contributed by atoms with Crippen molar-refractivity contribution in [3.8, 4) is 11.5 Å². The van der Waals surface area contributed by atoms with Crippen LogP contribution in [-0.2, 0) is 14.4 Å². The van der Waals surface area contributed by atoms with Gasteiger partial charge in [-0.3, -0.25) is 19.8 Å². The maximum atomic E-state index is 12.8. The van der Waals surface area contributed by atoms with Crippen molar-refractivity contribution >= 4 is 29.5 Å². The van der Waals surface area contributed by atoms with Gasteiger partial charge >= 0.3 is 5.97 Å². The van der Waals surface area contributed by atoms with E-state index in [0.717, 1.165) is 11.1 Å². The van der Waals surface area contributed by atoms with Gasteiger partial charge in [-0.15, -0.1) is 0 Å². The lowest BCUT2D eigenvalue weighted by Crippen LogP contribution is -2.35. The Morgan fingerprint density at radius 3 is 2.48 bits per heavy atom. The molecule has 0 aromatic heterocycles. The second kappa shape index (κ2) is 8.18. The van der Waals surface area contributed by atoms with Crippen LogP contribution in [0, 0.1) is 13.8 Å². The smallest absolute Gasteiger partial charge is 0.311 e. The van der Waals surface area contributed by atoms with Crippen molar-refractivity contribution in [2.45, 2.75) is 27.2 Å². The molecule has 3 rings (SSSR count). The lowest BCUT2D eigenvalue weighted by Gasteiger charge is -2.16. The topological polar surface area (TPSA) is 84.9 Å². The Bertz CT molecular complexity index is 1030. The number of amides is 2. The molecule has 7 nitrogen and oxygen atoms in total. The van der Waals surface area contributed by atoms with Gasteiger partial charge in [0.2, 0.25) is 0 Å². The monoisotopic (exact) mass is 394 g/mol. The van der Waals surface area contributed by atoms with Crippen LogP contribution in [0.5, 0.6) is 11.5 Å². The number of hydrogen-bond donors (Lipinski definition) is 1. The fourth-order valence-electron chi connectivity index (χ4n) is 2.82. The van der Waals surface area contributed by atoms with Gasteiger partial charge in [0.25, 0.3) is 11.8 Å². The molecule has 7 heteroatoms. The molecule has 150 valence electrons. The number of esters is 1. The summed E-state index contributed by atoms with van der Waals surface area (Å²) >= 11 is 0. The van der Waals surface area contributed by atoms with Crippen molar-refractivity contribution in [2.75, 3.05) is 12.1 Å². The third-order valence-corrected chi connectivity index (χ3v) is 4.65. The van der Waals surface area contributed by atoms with Gasteiger partial charge in [0.1, 0.15) is 5.57 Å². The number of rotatable bonds is 5. The van der Waals surface area contributed by atoms with Gasteiger partial charge in [0, 0.05) is 6.42 Å². The SMILES string of the molecule is CCC(=O)Oc1ccc(/C=C2/C(=O)NN(c3ccc(C)c(C)c3)C2=O)cc1OC. The summed E-state index contributed by atoms with van der Waals surface area (Å²) < 4.78 is 10.5. The third-order valence-electron chi connectivity index (χ3n) is 4.65. The molecule has 0 spiro atoms. The lowest BCUT2D eigenvalue weighted by molar-refractivity contribution is -0.134. The van der Waals surface area contributed by atoms with Crippen LogP contribution in [0.1, 0.15) is 30.0 Å². The molecule has 1 aliphatic heterocycles. The number of methoxy groups -OCH3 is 1. The van der Waals surface area contributed by atoms with Gasteiger partial charge < -0.3 is 9.47 Å². The van der Waals surface area contributed by atoms with Crippen LogP contribution < -0.4 is 19.9 Å². The Kier molecular flexibility index (Phi) is 5.68. The van der Waals surface area contributed by atoms with Crippen LogP contribution >= 0.6 is 0 Å². The van der Waals surface area contributed by atoms with Gasteiger partial charge in [-0.25, -0.2) is 5.01 Å². The highest BCUT2D eigenvalue weighted by Crippen LogP contribution is 2.30. The van der Waals surface area contributed by atoms with Crippen molar-refractivity contribution in [3.63, 3.8) is 0 Å². The van der Waals surface area contributed by atoms with E-state index in [1.165, 1.54) is 18.2 Å². The summed E-state index contributed by atoms with van der Waals surface area (Å²) in [6.07, 6.45) is 1.71. The summed E-state index contributed by atoms with van der Waals surface area (Å²) in [6.45, 7) is 5.61. The van der Waals surface area contributed by atoms with Crippen molar-refractivity contribution in [3.05, 3.63) is 58.7 Å². The number of aryl methyl sites for hydroxylation is 2. The van der Waals surface area contributed by atoms with E-state index in [9.17, 15) is 14.4 Å². The Balaban J connectivity index is 1.89. The summed E-state index contributed by atoms with van der Waals surface area (Å²) in [6, 6.07) is 10.3. The van der Waals surface area contributed by atoms with Crippen LogP contribution in [0.15, 0.2) is 42.0 Å². The van der Waals surface area contributed by atoms with Crippen LogP contribution in [0.2, 0.25) is 0 Å². The van der Waals surface area contributed by atoms with Gasteiger partial charge in [-0.1, -0.05) is 19.1 Å². The van der Waals surface area contributed by atoms with Gasteiger partial charge in [0.05, 0.1) is 12.8 Å². The van der Waals surface area contributed by atoms with Crippen LogP contribution in [0.25, 0.3) is 6.08 Å². The molecule has 2 aromatic rings. The molecule has 1 N–H and O–H groups in total. The first-order valence-electron chi connectivity index (χ1n) is 9.17. The first-order chi connectivity index (χ1) is 13.8.